The minimum absolute atomic E-state index is 0.409. The zero-order valence-electron chi connectivity index (χ0n) is 7.36. The van der Waals surface area contributed by atoms with Crippen LogP contribution < -0.4 is 0 Å². The average molecular weight is 163 g/mol. The molecule has 0 spiro atoms. The summed E-state index contributed by atoms with van der Waals surface area (Å²) >= 11 is 0. The van der Waals surface area contributed by atoms with Crippen LogP contribution in [0.15, 0.2) is 24.4 Å². The second-order valence-corrected chi connectivity index (χ2v) is 2.86. The van der Waals surface area contributed by atoms with E-state index in [0.717, 1.165) is 11.3 Å². The molecule has 2 heteroatoms. The minimum Gasteiger partial charge on any atom is -0.389 e. The van der Waals surface area contributed by atoms with Crippen LogP contribution in [-0.4, -0.2) is 16.2 Å². The summed E-state index contributed by atoms with van der Waals surface area (Å²) in [6.07, 6.45) is 4.91. The largest absolute Gasteiger partial charge is 0.389 e. The van der Waals surface area contributed by atoms with Gasteiger partial charge in [0.15, 0.2) is 0 Å². The van der Waals surface area contributed by atoms with E-state index in [1.807, 2.05) is 31.3 Å². The topological polar surface area (TPSA) is 33.1 Å². The molecule has 0 fully saturated rings. The third kappa shape index (κ3) is 2.84. The summed E-state index contributed by atoms with van der Waals surface area (Å²) in [4.78, 5) is 4.15. The van der Waals surface area contributed by atoms with Crippen molar-refractivity contribution in [3.05, 3.63) is 35.7 Å². The number of pyridine rings is 1. The summed E-state index contributed by atoms with van der Waals surface area (Å²) in [7, 11) is 0. The van der Waals surface area contributed by atoms with E-state index in [-0.39, 0.29) is 0 Å². The lowest BCUT2D eigenvalue weighted by atomic mass is 10.2. The van der Waals surface area contributed by atoms with Crippen LogP contribution >= 0.6 is 0 Å². The molecule has 1 atom stereocenters. The molecular weight excluding hydrogens is 150 g/mol. The first-order valence-corrected chi connectivity index (χ1v) is 3.97. The van der Waals surface area contributed by atoms with Gasteiger partial charge in [0.1, 0.15) is 0 Å². The summed E-state index contributed by atoms with van der Waals surface area (Å²) in [5.41, 5.74) is 2.02. The fraction of sp³-hybridized carbons (Fsp3) is 0.300. The molecule has 64 valence electrons. The number of rotatable bonds is 2. The Labute approximate surface area is 72.6 Å². The van der Waals surface area contributed by atoms with E-state index in [9.17, 15) is 0 Å². The van der Waals surface area contributed by atoms with Crippen LogP contribution in [-0.2, 0) is 0 Å². The molecule has 1 N–H and O–H groups in total. The van der Waals surface area contributed by atoms with Gasteiger partial charge in [0.2, 0.25) is 0 Å². The lowest BCUT2D eigenvalue weighted by molar-refractivity contribution is 0.245. The van der Waals surface area contributed by atoms with Gasteiger partial charge in [-0.15, -0.1) is 0 Å². The second kappa shape index (κ2) is 4.02. The summed E-state index contributed by atoms with van der Waals surface area (Å²) in [6, 6.07) is 3.92. The van der Waals surface area contributed by atoms with Gasteiger partial charge >= 0.3 is 0 Å². The molecule has 0 saturated carbocycles. The molecule has 1 aromatic heterocycles. The normalized spacial score (nSPS) is 13.6. The Morgan fingerprint density at radius 1 is 1.50 bits per heavy atom. The van der Waals surface area contributed by atoms with E-state index < -0.39 is 6.10 Å². The highest BCUT2D eigenvalue weighted by atomic mass is 16.3. The van der Waals surface area contributed by atoms with Crippen molar-refractivity contribution in [2.75, 3.05) is 0 Å². The van der Waals surface area contributed by atoms with E-state index in [1.54, 1.807) is 13.0 Å². The van der Waals surface area contributed by atoms with Crippen molar-refractivity contribution >= 4 is 6.08 Å². The molecule has 1 aromatic rings. The van der Waals surface area contributed by atoms with Crippen molar-refractivity contribution in [1.29, 1.82) is 0 Å². The van der Waals surface area contributed by atoms with E-state index in [2.05, 4.69) is 4.98 Å². The SMILES string of the molecule is Cc1ccc(/C=C/C(C)O)nc1. The number of aliphatic hydroxyl groups is 1. The molecule has 0 saturated heterocycles. The fourth-order valence-corrected chi connectivity index (χ4v) is 0.816. The summed E-state index contributed by atoms with van der Waals surface area (Å²) in [5, 5.41) is 8.95. The Hall–Kier alpha value is -1.15. The predicted octanol–water partition coefficient (Wildman–Crippen LogP) is 1.78. The van der Waals surface area contributed by atoms with Crippen molar-refractivity contribution in [2.45, 2.75) is 20.0 Å². The van der Waals surface area contributed by atoms with Crippen molar-refractivity contribution in [3.63, 3.8) is 0 Å². The lowest BCUT2D eigenvalue weighted by Gasteiger charge is -1.95. The maximum atomic E-state index is 8.95. The van der Waals surface area contributed by atoms with Gasteiger partial charge in [-0.25, -0.2) is 0 Å². The fourth-order valence-electron chi connectivity index (χ4n) is 0.816. The van der Waals surface area contributed by atoms with E-state index in [0.29, 0.717) is 0 Å². The van der Waals surface area contributed by atoms with Crippen LogP contribution in [0.5, 0.6) is 0 Å². The van der Waals surface area contributed by atoms with Gasteiger partial charge < -0.3 is 5.11 Å². The first-order valence-electron chi connectivity index (χ1n) is 3.97. The summed E-state index contributed by atoms with van der Waals surface area (Å²) in [6.45, 7) is 3.71. The molecule has 1 unspecified atom stereocenters. The number of nitrogens with zero attached hydrogens (tertiary/aromatic N) is 1. The summed E-state index contributed by atoms with van der Waals surface area (Å²) in [5.74, 6) is 0. The standard InChI is InChI=1S/C10H13NO/c1-8-3-5-10(11-7-8)6-4-9(2)12/h3-7,9,12H,1-2H3/b6-4+. The molecular formula is C10H13NO. The van der Waals surface area contributed by atoms with Crippen molar-refractivity contribution in [1.82, 2.24) is 4.98 Å². The molecule has 0 aliphatic rings. The van der Waals surface area contributed by atoms with Crippen LogP contribution in [0.1, 0.15) is 18.2 Å². The van der Waals surface area contributed by atoms with Gasteiger partial charge in [-0.05, 0) is 31.6 Å². The molecule has 1 heterocycles. The molecule has 0 aromatic carbocycles. The molecule has 2 nitrogen and oxygen atoms in total. The van der Waals surface area contributed by atoms with Gasteiger partial charge in [0.05, 0.1) is 11.8 Å². The maximum Gasteiger partial charge on any atom is 0.0696 e. The quantitative estimate of drug-likeness (QED) is 0.721. The number of aryl methyl sites for hydroxylation is 1. The average Bonchev–Trinajstić information content (AvgIpc) is 2.03. The van der Waals surface area contributed by atoms with Gasteiger partial charge in [-0.1, -0.05) is 12.1 Å². The van der Waals surface area contributed by atoms with E-state index in [1.165, 1.54) is 0 Å². The van der Waals surface area contributed by atoms with Gasteiger partial charge in [0.25, 0.3) is 0 Å². The van der Waals surface area contributed by atoms with Gasteiger partial charge in [-0.3, -0.25) is 4.98 Å². The molecule has 1 rings (SSSR count). The Kier molecular flexibility index (Phi) is 3.00. The Morgan fingerprint density at radius 2 is 2.25 bits per heavy atom. The zero-order valence-corrected chi connectivity index (χ0v) is 7.36. The third-order valence-corrected chi connectivity index (χ3v) is 1.48. The zero-order chi connectivity index (χ0) is 8.97. The predicted molar refractivity (Wildman–Crippen MR) is 49.7 cm³/mol. The highest BCUT2D eigenvalue weighted by molar-refractivity contribution is 5.44. The smallest absolute Gasteiger partial charge is 0.0696 e. The first-order chi connectivity index (χ1) is 5.68. The monoisotopic (exact) mass is 163 g/mol. The van der Waals surface area contributed by atoms with Gasteiger partial charge in [-0.2, -0.15) is 0 Å². The van der Waals surface area contributed by atoms with E-state index in [4.69, 9.17) is 5.11 Å². The highest BCUT2D eigenvalue weighted by Crippen LogP contribution is 2.01. The number of hydrogen-bond acceptors (Lipinski definition) is 2. The Morgan fingerprint density at radius 3 is 2.75 bits per heavy atom. The molecule has 0 aliphatic heterocycles. The summed E-state index contributed by atoms with van der Waals surface area (Å²) < 4.78 is 0. The molecule has 0 amide bonds. The number of hydrogen-bond donors (Lipinski definition) is 1. The van der Waals surface area contributed by atoms with Crippen molar-refractivity contribution in [2.24, 2.45) is 0 Å². The minimum atomic E-state index is -0.409. The highest BCUT2D eigenvalue weighted by Gasteiger charge is 1.89. The van der Waals surface area contributed by atoms with Crippen LogP contribution in [0, 0.1) is 6.92 Å². The van der Waals surface area contributed by atoms with Crippen LogP contribution in [0.3, 0.4) is 0 Å². The van der Waals surface area contributed by atoms with Crippen LogP contribution in [0.25, 0.3) is 6.08 Å². The number of aliphatic hydroxyl groups excluding tert-OH is 1. The molecule has 0 bridgehead atoms. The van der Waals surface area contributed by atoms with E-state index >= 15 is 0 Å². The third-order valence-electron chi connectivity index (χ3n) is 1.48. The van der Waals surface area contributed by atoms with Crippen molar-refractivity contribution in [3.8, 4) is 0 Å². The molecule has 0 radical (unpaired) electrons. The van der Waals surface area contributed by atoms with Crippen LogP contribution in [0.2, 0.25) is 0 Å². The lowest BCUT2D eigenvalue weighted by Crippen LogP contribution is -1.91. The molecule has 12 heavy (non-hydrogen) atoms. The maximum absolute atomic E-state index is 8.95. The Balaban J connectivity index is 2.71. The van der Waals surface area contributed by atoms with Gasteiger partial charge in [0, 0.05) is 6.20 Å². The molecule has 0 aliphatic carbocycles. The van der Waals surface area contributed by atoms with Crippen molar-refractivity contribution < 1.29 is 5.11 Å². The van der Waals surface area contributed by atoms with Crippen LogP contribution in [0.4, 0.5) is 0 Å². The first kappa shape index (κ1) is 8.94. The Bertz CT molecular complexity index is 262. The number of aromatic nitrogens is 1. The second-order valence-electron chi connectivity index (χ2n) is 2.86.